The van der Waals surface area contributed by atoms with Gasteiger partial charge in [0.25, 0.3) is 0 Å². The van der Waals surface area contributed by atoms with Crippen molar-refractivity contribution in [2.45, 2.75) is 45.7 Å². The highest BCUT2D eigenvalue weighted by molar-refractivity contribution is 7.85. The van der Waals surface area contributed by atoms with Crippen molar-refractivity contribution in [3.63, 3.8) is 0 Å². The van der Waals surface area contributed by atoms with Crippen LogP contribution in [0.2, 0.25) is 0 Å². The minimum Gasteiger partial charge on any atom is -0.312 e. The van der Waals surface area contributed by atoms with Crippen molar-refractivity contribution in [2.75, 3.05) is 31.1 Å². The molecule has 1 saturated heterocycles. The van der Waals surface area contributed by atoms with Gasteiger partial charge >= 0.3 is 0 Å². The van der Waals surface area contributed by atoms with Crippen molar-refractivity contribution in [1.29, 1.82) is 0 Å². The Labute approximate surface area is 102 Å². The smallest absolute Gasteiger partial charge is 0.0363 e. The number of rotatable bonds is 4. The Bertz CT molecular complexity index is 228. The molecule has 0 saturated carbocycles. The van der Waals surface area contributed by atoms with E-state index in [1.807, 2.05) is 0 Å². The number of hydrogen-bond donors (Lipinski definition) is 1. The maximum atomic E-state index is 11.2. The standard InChI is InChI=1S/C12H26N2OS/c1-11(5-6-13-12(2,3)4)14-7-9-16(15)10-8-14/h11,13H,5-10H2,1-4H3. The highest BCUT2D eigenvalue weighted by Gasteiger charge is 2.20. The second-order valence-corrected chi connectivity index (χ2v) is 7.39. The number of nitrogens with one attached hydrogen (secondary N) is 1. The third-order valence-electron chi connectivity index (χ3n) is 3.05. The molecule has 96 valence electrons. The van der Waals surface area contributed by atoms with Crippen LogP contribution in [0.15, 0.2) is 0 Å². The molecule has 1 aliphatic heterocycles. The van der Waals surface area contributed by atoms with E-state index in [2.05, 4.69) is 37.9 Å². The van der Waals surface area contributed by atoms with Gasteiger partial charge in [0.2, 0.25) is 0 Å². The highest BCUT2D eigenvalue weighted by Crippen LogP contribution is 2.08. The summed E-state index contributed by atoms with van der Waals surface area (Å²) in [5.74, 6) is 1.72. The van der Waals surface area contributed by atoms with E-state index < -0.39 is 10.8 Å². The zero-order valence-corrected chi connectivity index (χ0v) is 11.9. The highest BCUT2D eigenvalue weighted by atomic mass is 32.2. The Hall–Kier alpha value is 0.0700. The first-order valence-corrected chi connectivity index (χ1v) is 7.71. The van der Waals surface area contributed by atoms with Gasteiger partial charge in [-0.25, -0.2) is 0 Å². The van der Waals surface area contributed by atoms with Crippen LogP contribution in [-0.2, 0) is 10.8 Å². The lowest BCUT2D eigenvalue weighted by Gasteiger charge is -2.32. The SMILES string of the molecule is CC(CCNC(C)(C)C)N1CCS(=O)CC1. The van der Waals surface area contributed by atoms with Gasteiger partial charge < -0.3 is 5.32 Å². The van der Waals surface area contributed by atoms with Crippen molar-refractivity contribution in [1.82, 2.24) is 10.2 Å². The molecule has 0 amide bonds. The van der Waals surface area contributed by atoms with E-state index in [1.54, 1.807) is 0 Å². The summed E-state index contributed by atoms with van der Waals surface area (Å²) in [7, 11) is -0.555. The lowest BCUT2D eigenvalue weighted by atomic mass is 10.1. The van der Waals surface area contributed by atoms with E-state index in [0.717, 1.165) is 31.1 Å². The van der Waals surface area contributed by atoms with Crippen molar-refractivity contribution in [2.24, 2.45) is 0 Å². The third kappa shape index (κ3) is 5.41. The summed E-state index contributed by atoms with van der Waals surface area (Å²) in [6.07, 6.45) is 1.17. The minimum atomic E-state index is -0.555. The summed E-state index contributed by atoms with van der Waals surface area (Å²) in [6.45, 7) is 11.9. The molecule has 1 atom stereocenters. The maximum Gasteiger partial charge on any atom is 0.0363 e. The lowest BCUT2D eigenvalue weighted by molar-refractivity contribution is 0.213. The molecule has 0 aromatic heterocycles. The molecule has 1 N–H and O–H groups in total. The maximum absolute atomic E-state index is 11.2. The van der Waals surface area contributed by atoms with Crippen LogP contribution < -0.4 is 5.32 Å². The molecule has 0 aromatic carbocycles. The lowest BCUT2D eigenvalue weighted by Crippen LogP contribution is -2.45. The van der Waals surface area contributed by atoms with Gasteiger partial charge in [0.15, 0.2) is 0 Å². The fourth-order valence-electron chi connectivity index (χ4n) is 1.93. The Balaban J connectivity index is 2.20. The number of hydrogen-bond acceptors (Lipinski definition) is 3. The van der Waals surface area contributed by atoms with E-state index >= 15 is 0 Å². The molecule has 0 spiro atoms. The Morgan fingerprint density at radius 3 is 2.38 bits per heavy atom. The van der Waals surface area contributed by atoms with Gasteiger partial charge in [-0.05, 0) is 40.7 Å². The first-order chi connectivity index (χ1) is 7.38. The molecule has 1 aliphatic rings. The van der Waals surface area contributed by atoms with Crippen molar-refractivity contribution in [3.05, 3.63) is 0 Å². The molecular weight excluding hydrogens is 220 g/mol. The van der Waals surface area contributed by atoms with Crippen LogP contribution in [0.4, 0.5) is 0 Å². The first kappa shape index (κ1) is 14.1. The van der Waals surface area contributed by atoms with Crippen LogP contribution in [0.3, 0.4) is 0 Å². The summed E-state index contributed by atoms with van der Waals surface area (Å²) in [5.41, 5.74) is 0.211. The molecular formula is C12H26N2OS. The van der Waals surface area contributed by atoms with Crippen LogP contribution in [0.25, 0.3) is 0 Å². The predicted octanol–water partition coefficient (Wildman–Crippen LogP) is 1.22. The Morgan fingerprint density at radius 2 is 1.88 bits per heavy atom. The fraction of sp³-hybridized carbons (Fsp3) is 1.00. The molecule has 1 rings (SSSR count). The van der Waals surface area contributed by atoms with Crippen LogP contribution >= 0.6 is 0 Å². The van der Waals surface area contributed by atoms with Gasteiger partial charge in [0, 0.05) is 47.0 Å². The van der Waals surface area contributed by atoms with E-state index in [0.29, 0.717) is 6.04 Å². The van der Waals surface area contributed by atoms with Gasteiger partial charge in [-0.3, -0.25) is 9.11 Å². The zero-order chi connectivity index (χ0) is 12.2. The summed E-state index contributed by atoms with van der Waals surface area (Å²) < 4.78 is 11.2. The normalized spacial score (nSPS) is 22.2. The zero-order valence-electron chi connectivity index (χ0n) is 11.1. The predicted molar refractivity (Wildman–Crippen MR) is 71.3 cm³/mol. The van der Waals surface area contributed by atoms with Crippen molar-refractivity contribution < 1.29 is 4.21 Å². The van der Waals surface area contributed by atoms with Gasteiger partial charge in [-0.1, -0.05) is 0 Å². The van der Waals surface area contributed by atoms with Crippen LogP contribution in [0, 0.1) is 0 Å². The van der Waals surface area contributed by atoms with Crippen LogP contribution in [0.5, 0.6) is 0 Å². The third-order valence-corrected chi connectivity index (χ3v) is 4.33. The van der Waals surface area contributed by atoms with E-state index in [1.165, 1.54) is 6.42 Å². The summed E-state index contributed by atoms with van der Waals surface area (Å²) in [5, 5.41) is 3.51. The van der Waals surface area contributed by atoms with Gasteiger partial charge in [0.1, 0.15) is 0 Å². The Kier molecular flexibility index (Phi) is 5.41. The summed E-state index contributed by atoms with van der Waals surface area (Å²) >= 11 is 0. The number of nitrogens with zero attached hydrogens (tertiary/aromatic N) is 1. The molecule has 4 heteroatoms. The van der Waals surface area contributed by atoms with Crippen LogP contribution in [0.1, 0.15) is 34.1 Å². The monoisotopic (exact) mass is 246 g/mol. The van der Waals surface area contributed by atoms with E-state index in [9.17, 15) is 4.21 Å². The molecule has 0 aromatic rings. The molecule has 1 heterocycles. The largest absolute Gasteiger partial charge is 0.312 e. The summed E-state index contributed by atoms with van der Waals surface area (Å²) in [6, 6.07) is 0.604. The topological polar surface area (TPSA) is 32.3 Å². The molecule has 1 fully saturated rings. The van der Waals surface area contributed by atoms with Crippen molar-refractivity contribution >= 4 is 10.8 Å². The van der Waals surface area contributed by atoms with E-state index in [-0.39, 0.29) is 5.54 Å². The molecule has 1 unspecified atom stereocenters. The Morgan fingerprint density at radius 1 is 1.31 bits per heavy atom. The van der Waals surface area contributed by atoms with E-state index in [4.69, 9.17) is 0 Å². The molecule has 16 heavy (non-hydrogen) atoms. The van der Waals surface area contributed by atoms with Crippen LogP contribution in [-0.4, -0.2) is 51.8 Å². The minimum absolute atomic E-state index is 0.211. The van der Waals surface area contributed by atoms with Gasteiger partial charge in [0.05, 0.1) is 0 Å². The fourth-order valence-corrected chi connectivity index (χ4v) is 3.01. The second-order valence-electron chi connectivity index (χ2n) is 5.70. The molecule has 0 bridgehead atoms. The molecule has 0 radical (unpaired) electrons. The average molecular weight is 246 g/mol. The molecule has 0 aliphatic carbocycles. The average Bonchev–Trinajstić information content (AvgIpc) is 2.16. The van der Waals surface area contributed by atoms with Gasteiger partial charge in [-0.15, -0.1) is 0 Å². The summed E-state index contributed by atoms with van der Waals surface area (Å²) in [4.78, 5) is 2.46. The van der Waals surface area contributed by atoms with Gasteiger partial charge in [-0.2, -0.15) is 0 Å². The quantitative estimate of drug-likeness (QED) is 0.809. The first-order valence-electron chi connectivity index (χ1n) is 6.22. The van der Waals surface area contributed by atoms with Crippen molar-refractivity contribution in [3.8, 4) is 0 Å². The molecule has 3 nitrogen and oxygen atoms in total. The second kappa shape index (κ2) is 6.12.